The molecule has 0 saturated carbocycles. The highest BCUT2D eigenvalue weighted by atomic mass is 16.3. The lowest BCUT2D eigenvalue weighted by molar-refractivity contribution is 0.560. The molecule has 0 unspecified atom stereocenters. The van der Waals surface area contributed by atoms with Crippen LogP contribution in [0, 0.1) is 17.9 Å². The lowest BCUT2D eigenvalue weighted by Gasteiger charge is -2.04. The zero-order valence-electron chi connectivity index (χ0n) is 10.6. The van der Waals surface area contributed by atoms with E-state index < -0.39 is 0 Å². The minimum absolute atomic E-state index is 0.0184. The van der Waals surface area contributed by atoms with Gasteiger partial charge < -0.3 is 8.98 Å². The van der Waals surface area contributed by atoms with Crippen LogP contribution in [-0.2, 0) is 6.54 Å². The van der Waals surface area contributed by atoms with Gasteiger partial charge in [0.2, 0.25) is 0 Å². The van der Waals surface area contributed by atoms with Gasteiger partial charge in [0, 0.05) is 12.7 Å². The molecule has 0 saturated heterocycles. The molecule has 94 valence electrons. The number of hydrogen-bond donors (Lipinski definition) is 0. The molecule has 19 heavy (non-hydrogen) atoms. The maximum absolute atomic E-state index is 8.71. The van der Waals surface area contributed by atoms with Gasteiger partial charge in [-0.2, -0.15) is 0 Å². The summed E-state index contributed by atoms with van der Waals surface area (Å²) in [6.45, 7) is 9.88. The standard InChI is InChI=1S/C15H13N3O/c1-3-8-18-9-4-5-14(18)15-7-6-13(19-15)10-12(11-16)17-2/h4-7,9-10H,3,8H2,1H3/b12-10-. The van der Waals surface area contributed by atoms with E-state index in [0.717, 1.165) is 24.4 Å². The third-order valence-electron chi connectivity index (χ3n) is 2.69. The van der Waals surface area contributed by atoms with E-state index in [4.69, 9.17) is 16.3 Å². The highest BCUT2D eigenvalue weighted by molar-refractivity contribution is 5.60. The Hall–Kier alpha value is -2.72. The van der Waals surface area contributed by atoms with Crippen molar-refractivity contribution in [2.45, 2.75) is 19.9 Å². The largest absolute Gasteiger partial charge is 0.456 e. The molecule has 4 nitrogen and oxygen atoms in total. The number of hydrogen-bond acceptors (Lipinski definition) is 2. The highest BCUT2D eigenvalue weighted by Gasteiger charge is 2.08. The first-order valence-electron chi connectivity index (χ1n) is 6.03. The number of furan rings is 1. The zero-order valence-corrected chi connectivity index (χ0v) is 10.6. The van der Waals surface area contributed by atoms with Gasteiger partial charge in [-0.25, -0.2) is 10.1 Å². The van der Waals surface area contributed by atoms with Crippen molar-refractivity contribution in [2.24, 2.45) is 0 Å². The van der Waals surface area contributed by atoms with Gasteiger partial charge in [-0.1, -0.05) is 6.92 Å². The van der Waals surface area contributed by atoms with Crippen molar-refractivity contribution in [3.63, 3.8) is 0 Å². The molecule has 0 spiro atoms. The number of rotatable bonds is 4. The van der Waals surface area contributed by atoms with Crippen LogP contribution in [0.15, 0.2) is 40.6 Å². The lowest BCUT2D eigenvalue weighted by atomic mass is 10.3. The summed E-state index contributed by atoms with van der Waals surface area (Å²) < 4.78 is 7.77. The van der Waals surface area contributed by atoms with Crippen molar-refractivity contribution in [3.05, 3.63) is 53.3 Å². The number of aromatic nitrogens is 1. The van der Waals surface area contributed by atoms with Crippen LogP contribution in [0.1, 0.15) is 19.1 Å². The summed E-state index contributed by atoms with van der Waals surface area (Å²) in [5.74, 6) is 1.26. The van der Waals surface area contributed by atoms with Crippen molar-refractivity contribution < 1.29 is 4.42 Å². The fourth-order valence-electron chi connectivity index (χ4n) is 1.87. The number of allylic oxidation sites excluding steroid dienone is 1. The molecule has 2 rings (SSSR count). The molecule has 0 amide bonds. The summed E-state index contributed by atoms with van der Waals surface area (Å²) in [6.07, 6.45) is 4.51. The molecule has 0 N–H and O–H groups in total. The number of nitriles is 1. The van der Waals surface area contributed by atoms with Crippen LogP contribution in [0.2, 0.25) is 0 Å². The first-order chi connectivity index (χ1) is 9.28. The smallest absolute Gasteiger partial charge is 0.265 e. The average Bonchev–Trinajstić information content (AvgIpc) is 3.05. The quantitative estimate of drug-likeness (QED) is 0.610. The number of nitrogens with zero attached hydrogens (tertiary/aromatic N) is 3. The second-order valence-electron chi connectivity index (χ2n) is 4.04. The molecule has 2 aromatic rings. The van der Waals surface area contributed by atoms with Crippen LogP contribution in [-0.4, -0.2) is 4.57 Å². The van der Waals surface area contributed by atoms with E-state index >= 15 is 0 Å². The summed E-state index contributed by atoms with van der Waals surface area (Å²) in [4.78, 5) is 3.11. The second-order valence-corrected chi connectivity index (χ2v) is 4.04. The van der Waals surface area contributed by atoms with Crippen molar-refractivity contribution >= 4 is 6.08 Å². The molecule has 4 heteroatoms. The van der Waals surface area contributed by atoms with Crippen LogP contribution in [0.25, 0.3) is 22.4 Å². The van der Waals surface area contributed by atoms with Gasteiger partial charge in [0.25, 0.3) is 5.70 Å². The Labute approximate surface area is 112 Å². The molecule has 0 atom stereocenters. The fraction of sp³-hybridized carbons (Fsp3) is 0.200. The summed E-state index contributed by atoms with van der Waals surface area (Å²) >= 11 is 0. The Bertz CT molecular complexity index is 661. The van der Waals surface area contributed by atoms with Crippen molar-refractivity contribution in [1.82, 2.24) is 4.57 Å². The minimum atomic E-state index is 0.0184. The number of aryl methyl sites for hydroxylation is 1. The highest BCUT2D eigenvalue weighted by Crippen LogP contribution is 2.24. The van der Waals surface area contributed by atoms with Crippen molar-refractivity contribution in [3.8, 4) is 17.5 Å². The average molecular weight is 251 g/mol. The van der Waals surface area contributed by atoms with Gasteiger partial charge in [-0.15, -0.1) is 0 Å². The van der Waals surface area contributed by atoms with Gasteiger partial charge in [-0.05, 0) is 36.8 Å². The molecule has 0 aliphatic carbocycles. The summed E-state index contributed by atoms with van der Waals surface area (Å²) in [5.41, 5.74) is 1.02. The predicted molar refractivity (Wildman–Crippen MR) is 72.6 cm³/mol. The Balaban J connectivity index is 2.32. The SMILES string of the molecule is [C-]#[N+]/C(C#N)=C\c1ccc(-c2cccn2CCC)o1. The van der Waals surface area contributed by atoms with Gasteiger partial charge in [0.05, 0.1) is 18.3 Å². The molecular weight excluding hydrogens is 238 g/mol. The van der Waals surface area contributed by atoms with Gasteiger partial charge >= 0.3 is 0 Å². The molecule has 2 heterocycles. The first-order valence-corrected chi connectivity index (χ1v) is 6.03. The predicted octanol–water partition coefficient (Wildman–Crippen LogP) is 3.94. The molecule has 0 radical (unpaired) electrons. The van der Waals surface area contributed by atoms with E-state index in [-0.39, 0.29) is 5.70 Å². The van der Waals surface area contributed by atoms with Crippen LogP contribution in [0.3, 0.4) is 0 Å². The monoisotopic (exact) mass is 251 g/mol. The summed E-state index contributed by atoms with van der Waals surface area (Å²) in [7, 11) is 0. The minimum Gasteiger partial charge on any atom is -0.456 e. The first kappa shape index (κ1) is 12.7. The van der Waals surface area contributed by atoms with E-state index in [9.17, 15) is 0 Å². The molecule has 0 bridgehead atoms. The van der Waals surface area contributed by atoms with E-state index in [1.165, 1.54) is 6.08 Å². The maximum Gasteiger partial charge on any atom is 0.265 e. The molecule has 0 aliphatic heterocycles. The summed E-state index contributed by atoms with van der Waals surface area (Å²) in [5, 5.41) is 8.71. The van der Waals surface area contributed by atoms with Crippen LogP contribution in [0.4, 0.5) is 0 Å². The van der Waals surface area contributed by atoms with Crippen LogP contribution in [0.5, 0.6) is 0 Å². The second kappa shape index (κ2) is 5.75. The van der Waals surface area contributed by atoms with E-state index in [2.05, 4.69) is 16.3 Å². The maximum atomic E-state index is 8.71. The van der Waals surface area contributed by atoms with Crippen LogP contribution >= 0.6 is 0 Å². The lowest BCUT2D eigenvalue weighted by Crippen LogP contribution is -1.96. The third kappa shape index (κ3) is 2.75. The fourth-order valence-corrected chi connectivity index (χ4v) is 1.87. The topological polar surface area (TPSA) is 46.2 Å². The van der Waals surface area contributed by atoms with Gasteiger partial charge in [0.15, 0.2) is 5.76 Å². The molecular formula is C15H13N3O. The van der Waals surface area contributed by atoms with E-state index in [1.807, 2.05) is 30.5 Å². The molecule has 0 fully saturated rings. The molecule has 2 aromatic heterocycles. The van der Waals surface area contributed by atoms with E-state index in [0.29, 0.717) is 5.76 Å². The van der Waals surface area contributed by atoms with E-state index in [1.54, 1.807) is 6.07 Å². The Morgan fingerprint density at radius 1 is 1.53 bits per heavy atom. The van der Waals surface area contributed by atoms with Crippen molar-refractivity contribution in [1.29, 1.82) is 5.26 Å². The Kier molecular flexibility index (Phi) is 3.85. The Morgan fingerprint density at radius 2 is 2.37 bits per heavy atom. The molecule has 0 aromatic carbocycles. The Morgan fingerprint density at radius 3 is 3.05 bits per heavy atom. The normalized spacial score (nSPS) is 11.0. The third-order valence-corrected chi connectivity index (χ3v) is 2.69. The van der Waals surface area contributed by atoms with Crippen molar-refractivity contribution in [2.75, 3.05) is 0 Å². The van der Waals surface area contributed by atoms with Crippen LogP contribution < -0.4 is 0 Å². The van der Waals surface area contributed by atoms with Gasteiger partial charge in [0.1, 0.15) is 5.76 Å². The molecule has 0 aliphatic rings. The zero-order chi connectivity index (χ0) is 13.7. The summed E-state index contributed by atoms with van der Waals surface area (Å²) in [6, 6.07) is 9.40. The van der Waals surface area contributed by atoms with Gasteiger partial charge in [-0.3, -0.25) is 0 Å².